The van der Waals surface area contributed by atoms with Crippen molar-refractivity contribution in [2.75, 3.05) is 6.54 Å². The average Bonchev–Trinajstić information content (AvgIpc) is 1.97. The molecule has 0 saturated heterocycles. The normalized spacial score (nSPS) is 12.5. The van der Waals surface area contributed by atoms with Crippen molar-refractivity contribution in [3.8, 4) is 0 Å². The number of carbonyl (C=O) groups excluding carboxylic acids is 1. The van der Waals surface area contributed by atoms with Crippen molar-refractivity contribution in [3.63, 3.8) is 0 Å². The Hall–Kier alpha value is 0.0800. The SMILES string of the molecule is C=CC(=O)NCC(O)S(=O)(=O)[O-].[Na+]. The van der Waals surface area contributed by atoms with Crippen molar-refractivity contribution in [2.45, 2.75) is 5.44 Å². The third-order valence-electron chi connectivity index (χ3n) is 0.970. The standard InChI is InChI=1S/C5H9NO5S.Na/c1-2-4(7)6-3-5(8)12(9,10)11;/h2,5,8H,1,3H2,(H,6,7)(H,9,10,11);/q;+1/p-1. The molecule has 0 fully saturated rings. The van der Waals surface area contributed by atoms with Gasteiger partial charge in [-0.25, -0.2) is 8.42 Å². The van der Waals surface area contributed by atoms with Crippen LogP contribution in [0.2, 0.25) is 0 Å². The predicted octanol–water partition coefficient (Wildman–Crippen LogP) is -4.84. The molecule has 0 heterocycles. The second-order valence-corrected chi connectivity index (χ2v) is 3.43. The molecule has 13 heavy (non-hydrogen) atoms. The fraction of sp³-hybridized carbons (Fsp3) is 0.400. The van der Waals surface area contributed by atoms with Crippen LogP contribution in [0.15, 0.2) is 12.7 Å². The van der Waals surface area contributed by atoms with Crippen LogP contribution in [0.4, 0.5) is 0 Å². The molecule has 0 saturated carbocycles. The topological polar surface area (TPSA) is 107 Å². The zero-order valence-corrected chi connectivity index (χ0v) is 9.87. The van der Waals surface area contributed by atoms with Crippen LogP contribution in [0.5, 0.6) is 0 Å². The van der Waals surface area contributed by atoms with Gasteiger partial charge < -0.3 is 15.0 Å². The summed E-state index contributed by atoms with van der Waals surface area (Å²) in [5.74, 6) is -0.655. The van der Waals surface area contributed by atoms with E-state index in [0.29, 0.717) is 0 Å². The molecule has 0 aromatic rings. The van der Waals surface area contributed by atoms with Crippen LogP contribution in [0.25, 0.3) is 0 Å². The van der Waals surface area contributed by atoms with Gasteiger partial charge in [-0.1, -0.05) is 6.58 Å². The second-order valence-electron chi connectivity index (χ2n) is 1.90. The van der Waals surface area contributed by atoms with Crippen molar-refractivity contribution >= 4 is 16.0 Å². The molecular weight excluding hydrogens is 209 g/mol. The van der Waals surface area contributed by atoms with E-state index < -0.39 is 28.0 Å². The first-order valence-electron chi connectivity index (χ1n) is 2.91. The Labute approximate surface area is 98.1 Å². The number of hydrogen-bond donors (Lipinski definition) is 2. The summed E-state index contributed by atoms with van der Waals surface area (Å²) in [7, 11) is -4.75. The molecule has 70 valence electrons. The number of rotatable bonds is 4. The summed E-state index contributed by atoms with van der Waals surface area (Å²) >= 11 is 0. The number of aliphatic hydroxyl groups excluding tert-OH is 1. The molecule has 2 N–H and O–H groups in total. The van der Waals surface area contributed by atoms with Gasteiger partial charge in [-0.05, 0) is 6.08 Å². The largest absolute Gasteiger partial charge is 1.00 e. The van der Waals surface area contributed by atoms with Crippen molar-refractivity contribution in [1.82, 2.24) is 5.32 Å². The second kappa shape index (κ2) is 6.52. The fourth-order valence-electron chi connectivity index (χ4n) is 0.362. The van der Waals surface area contributed by atoms with E-state index in [2.05, 4.69) is 6.58 Å². The number of hydrogen-bond acceptors (Lipinski definition) is 5. The Morgan fingerprint density at radius 1 is 1.69 bits per heavy atom. The van der Waals surface area contributed by atoms with E-state index in [0.717, 1.165) is 6.08 Å². The van der Waals surface area contributed by atoms with Gasteiger partial charge in [0.2, 0.25) is 5.91 Å². The van der Waals surface area contributed by atoms with Gasteiger partial charge in [0.1, 0.15) is 10.1 Å². The predicted molar refractivity (Wildman–Crippen MR) is 38.9 cm³/mol. The summed E-state index contributed by atoms with van der Waals surface area (Å²) in [4.78, 5) is 10.4. The first-order chi connectivity index (χ1) is 5.38. The Bertz CT molecular complexity index is 275. The van der Waals surface area contributed by atoms with E-state index in [1.807, 2.05) is 5.32 Å². The molecular formula is C5H8NNaO5S. The number of carbonyl (C=O) groups is 1. The van der Waals surface area contributed by atoms with Gasteiger partial charge in [0.25, 0.3) is 0 Å². The van der Waals surface area contributed by atoms with E-state index in [9.17, 15) is 17.8 Å². The van der Waals surface area contributed by atoms with Gasteiger partial charge in [-0.2, -0.15) is 0 Å². The fourth-order valence-corrected chi connectivity index (χ4v) is 0.650. The first kappa shape index (κ1) is 15.5. The summed E-state index contributed by atoms with van der Waals surface area (Å²) in [6.07, 6.45) is 0.893. The van der Waals surface area contributed by atoms with Crippen LogP contribution in [-0.4, -0.2) is 36.0 Å². The molecule has 0 spiro atoms. The Balaban J connectivity index is 0. The molecule has 1 atom stereocenters. The van der Waals surface area contributed by atoms with E-state index in [4.69, 9.17) is 5.11 Å². The molecule has 0 aromatic heterocycles. The molecule has 0 aliphatic carbocycles. The van der Waals surface area contributed by atoms with Gasteiger partial charge in [-0.3, -0.25) is 4.79 Å². The molecule has 0 aliphatic heterocycles. The van der Waals surface area contributed by atoms with E-state index in [1.165, 1.54) is 0 Å². The zero-order valence-electron chi connectivity index (χ0n) is 7.06. The molecule has 6 nitrogen and oxygen atoms in total. The molecule has 0 aromatic carbocycles. The van der Waals surface area contributed by atoms with E-state index >= 15 is 0 Å². The maximum atomic E-state index is 10.4. The zero-order chi connectivity index (χ0) is 9.78. The molecule has 0 aliphatic rings. The molecule has 8 heteroatoms. The maximum absolute atomic E-state index is 10.4. The number of nitrogens with one attached hydrogen (secondary N) is 1. The van der Waals surface area contributed by atoms with E-state index in [1.54, 1.807) is 0 Å². The summed E-state index contributed by atoms with van der Waals surface area (Å²) in [6, 6.07) is 0. The Kier molecular flexibility index (Phi) is 7.80. The van der Waals surface area contributed by atoms with E-state index in [-0.39, 0.29) is 29.6 Å². The van der Waals surface area contributed by atoms with Crippen LogP contribution in [-0.2, 0) is 14.9 Å². The van der Waals surface area contributed by atoms with Crippen LogP contribution in [0.1, 0.15) is 0 Å². The van der Waals surface area contributed by atoms with Gasteiger partial charge in [0.15, 0.2) is 5.44 Å². The summed E-state index contributed by atoms with van der Waals surface area (Å²) in [6.45, 7) is 2.45. The average molecular weight is 217 g/mol. The van der Waals surface area contributed by atoms with Gasteiger partial charge in [0.05, 0.1) is 6.54 Å². The van der Waals surface area contributed by atoms with Crippen molar-refractivity contribution in [1.29, 1.82) is 0 Å². The summed E-state index contributed by atoms with van der Waals surface area (Å²) < 4.78 is 30.1. The van der Waals surface area contributed by atoms with Crippen LogP contribution in [0, 0.1) is 0 Å². The molecule has 1 unspecified atom stereocenters. The van der Waals surface area contributed by atoms with Crippen molar-refractivity contribution < 1.29 is 52.4 Å². The molecule has 0 rings (SSSR count). The van der Waals surface area contributed by atoms with Crippen molar-refractivity contribution in [2.24, 2.45) is 0 Å². The van der Waals surface area contributed by atoms with Crippen LogP contribution >= 0.6 is 0 Å². The van der Waals surface area contributed by atoms with Gasteiger partial charge >= 0.3 is 29.6 Å². The third-order valence-corrected chi connectivity index (χ3v) is 1.80. The Morgan fingerprint density at radius 3 is 2.46 bits per heavy atom. The van der Waals surface area contributed by atoms with Crippen molar-refractivity contribution in [3.05, 3.63) is 12.7 Å². The molecule has 0 radical (unpaired) electrons. The number of aliphatic hydroxyl groups is 1. The minimum Gasteiger partial charge on any atom is -0.746 e. The van der Waals surface area contributed by atoms with Crippen LogP contribution < -0.4 is 34.9 Å². The first-order valence-corrected chi connectivity index (χ1v) is 4.38. The van der Waals surface area contributed by atoms with Gasteiger partial charge in [0, 0.05) is 0 Å². The molecule has 0 bridgehead atoms. The van der Waals surface area contributed by atoms with Gasteiger partial charge in [-0.15, -0.1) is 0 Å². The van der Waals surface area contributed by atoms with Crippen LogP contribution in [0.3, 0.4) is 0 Å². The quantitative estimate of drug-likeness (QED) is 0.279. The monoisotopic (exact) mass is 217 g/mol. The molecule has 1 amide bonds. The third kappa shape index (κ3) is 7.17. The Morgan fingerprint density at radius 2 is 2.15 bits per heavy atom. The smallest absolute Gasteiger partial charge is 0.746 e. The maximum Gasteiger partial charge on any atom is 1.00 e. The number of amides is 1. The summed E-state index contributed by atoms with van der Waals surface area (Å²) in [5.41, 5.74) is -2.11. The summed E-state index contributed by atoms with van der Waals surface area (Å²) in [5, 5.41) is 10.5. The minimum absolute atomic E-state index is 0. The minimum atomic E-state index is -4.75.